The highest BCUT2D eigenvalue weighted by Gasteiger charge is 2.25. The van der Waals surface area contributed by atoms with Crippen LogP contribution >= 0.6 is 0 Å². The Kier molecular flexibility index (Phi) is 8.29. The topological polar surface area (TPSA) is 122 Å². The molecule has 1 saturated heterocycles. The lowest BCUT2D eigenvalue weighted by Crippen LogP contribution is -2.40. The highest BCUT2D eigenvalue weighted by Crippen LogP contribution is 2.32. The van der Waals surface area contributed by atoms with Crippen molar-refractivity contribution in [2.45, 2.75) is 38.1 Å². The fraction of sp³-hybridized carbons (Fsp3) is 0.393. The summed E-state index contributed by atoms with van der Waals surface area (Å²) in [5.41, 5.74) is 2.79. The van der Waals surface area contributed by atoms with Gasteiger partial charge < -0.3 is 14.6 Å². The summed E-state index contributed by atoms with van der Waals surface area (Å²) in [5.74, 6) is -0.567. The third-order valence-electron chi connectivity index (χ3n) is 7.24. The van der Waals surface area contributed by atoms with Crippen molar-refractivity contribution in [3.05, 3.63) is 65.7 Å². The molecule has 212 valence electrons. The first-order valence-corrected chi connectivity index (χ1v) is 14.9. The number of fused-ring (bicyclic) bond motifs is 1. The van der Waals surface area contributed by atoms with Gasteiger partial charge in [-0.3, -0.25) is 4.68 Å². The summed E-state index contributed by atoms with van der Waals surface area (Å²) in [6, 6.07) is 11.1. The van der Waals surface area contributed by atoms with Crippen molar-refractivity contribution in [3.63, 3.8) is 0 Å². The molecule has 1 fully saturated rings. The minimum atomic E-state index is -3.52. The number of aromatic amines is 1. The second-order valence-electron chi connectivity index (χ2n) is 10.1. The van der Waals surface area contributed by atoms with Crippen molar-refractivity contribution in [1.29, 1.82) is 0 Å². The normalized spacial score (nSPS) is 15.1. The van der Waals surface area contributed by atoms with Gasteiger partial charge in [-0.25, -0.2) is 22.3 Å². The van der Waals surface area contributed by atoms with E-state index in [1.54, 1.807) is 48.1 Å². The minimum absolute atomic E-state index is 0.214. The van der Waals surface area contributed by atoms with E-state index in [2.05, 4.69) is 24.9 Å². The van der Waals surface area contributed by atoms with Gasteiger partial charge in [0.2, 0.25) is 10.0 Å². The predicted octanol–water partition coefficient (Wildman–Crippen LogP) is 3.74. The summed E-state index contributed by atoms with van der Waals surface area (Å²) >= 11 is 0. The second kappa shape index (κ2) is 11.9. The zero-order chi connectivity index (χ0) is 28.3. The van der Waals surface area contributed by atoms with Crippen LogP contribution in [0.2, 0.25) is 0 Å². The van der Waals surface area contributed by atoms with Gasteiger partial charge in [0, 0.05) is 36.1 Å². The molecule has 2 aromatic carbocycles. The summed E-state index contributed by atoms with van der Waals surface area (Å²) in [4.78, 5) is 18.2. The number of carbonyl (C=O) groups is 1. The van der Waals surface area contributed by atoms with Gasteiger partial charge in [0.15, 0.2) is 0 Å². The van der Waals surface area contributed by atoms with Gasteiger partial charge in [-0.2, -0.15) is 0 Å². The fourth-order valence-corrected chi connectivity index (χ4v) is 6.11. The van der Waals surface area contributed by atoms with E-state index in [-0.39, 0.29) is 17.2 Å². The Labute approximate surface area is 232 Å². The van der Waals surface area contributed by atoms with Crippen LogP contribution < -0.4 is 4.72 Å². The van der Waals surface area contributed by atoms with Gasteiger partial charge in [0.05, 0.1) is 17.7 Å². The lowest BCUT2D eigenvalue weighted by atomic mass is 9.97. The fourth-order valence-electron chi connectivity index (χ4n) is 5.08. The van der Waals surface area contributed by atoms with Gasteiger partial charge in [0.25, 0.3) is 0 Å². The van der Waals surface area contributed by atoms with E-state index in [4.69, 9.17) is 4.74 Å². The highest BCUT2D eigenvalue weighted by atomic mass is 32.2. The molecule has 0 radical (unpaired) electrons. The number of rotatable bonds is 10. The van der Waals surface area contributed by atoms with Crippen molar-refractivity contribution in [2.75, 3.05) is 32.8 Å². The van der Waals surface area contributed by atoms with Gasteiger partial charge in [-0.1, -0.05) is 22.9 Å². The number of likely N-dealkylation sites (tertiary alicyclic amines) is 1. The Hall–Kier alpha value is -3.61. The van der Waals surface area contributed by atoms with Crippen molar-refractivity contribution in [2.24, 2.45) is 5.92 Å². The number of H-pyrrole nitrogens is 1. The van der Waals surface area contributed by atoms with E-state index < -0.39 is 21.8 Å². The zero-order valence-electron chi connectivity index (χ0n) is 22.6. The third kappa shape index (κ3) is 6.24. The molecule has 0 bridgehead atoms. The first-order chi connectivity index (χ1) is 19.2. The molecular weight excluding hydrogens is 535 g/mol. The van der Waals surface area contributed by atoms with E-state index in [0.29, 0.717) is 47.7 Å². The maximum atomic E-state index is 14.1. The lowest BCUT2D eigenvalue weighted by Gasteiger charge is -2.31. The van der Waals surface area contributed by atoms with Crippen LogP contribution in [0.15, 0.2) is 53.6 Å². The quantitative estimate of drug-likeness (QED) is 0.280. The number of benzene rings is 2. The van der Waals surface area contributed by atoms with Crippen LogP contribution in [-0.2, 0) is 21.3 Å². The molecule has 5 rings (SSSR count). The molecule has 3 heterocycles. The Bertz CT molecular complexity index is 1590. The molecular formula is C28H33FN6O4S. The van der Waals surface area contributed by atoms with Crippen molar-refractivity contribution in [1.82, 2.24) is 29.6 Å². The second-order valence-corrected chi connectivity index (χ2v) is 11.9. The molecule has 1 aliphatic heterocycles. The van der Waals surface area contributed by atoms with Crippen LogP contribution in [0, 0.1) is 18.7 Å². The number of aromatic nitrogens is 4. The molecule has 12 heteroatoms. The number of nitrogens with one attached hydrogen (secondary N) is 2. The number of nitrogens with zero attached hydrogens (tertiary/aromatic N) is 4. The summed E-state index contributed by atoms with van der Waals surface area (Å²) in [6.07, 6.45) is 3.65. The van der Waals surface area contributed by atoms with E-state index >= 15 is 0 Å². The van der Waals surface area contributed by atoms with Crippen molar-refractivity contribution >= 4 is 26.9 Å². The Morgan fingerprint density at radius 2 is 1.93 bits per heavy atom. The molecule has 0 amide bonds. The standard InChI is InChI=1S/C28H33FN6O4S/c1-3-39-28(36)27-26(23-16-21(29)6-9-24(23)31-27)25-18-35(33-32-25)17-20-10-13-34(14-11-20)15-12-30-40(37,38)22-7-4-19(2)5-8-22/h4-9,16,18,20,30-31H,3,10-15,17H2,1-2H3. The molecule has 40 heavy (non-hydrogen) atoms. The third-order valence-corrected chi connectivity index (χ3v) is 8.72. The summed E-state index contributed by atoms with van der Waals surface area (Å²) < 4.78 is 48.7. The summed E-state index contributed by atoms with van der Waals surface area (Å²) in [7, 11) is -3.52. The Morgan fingerprint density at radius 1 is 1.18 bits per heavy atom. The molecule has 0 saturated carbocycles. The largest absolute Gasteiger partial charge is 0.461 e. The summed E-state index contributed by atoms with van der Waals surface area (Å²) in [5, 5.41) is 9.13. The average molecular weight is 569 g/mol. The Morgan fingerprint density at radius 3 is 2.65 bits per heavy atom. The van der Waals surface area contributed by atoms with Gasteiger partial charge >= 0.3 is 5.97 Å². The molecule has 2 aromatic heterocycles. The maximum Gasteiger partial charge on any atom is 0.355 e. The van der Waals surface area contributed by atoms with Crippen molar-refractivity contribution < 1.29 is 22.3 Å². The number of piperidine rings is 1. The monoisotopic (exact) mass is 568 g/mol. The van der Waals surface area contributed by atoms with Gasteiger partial charge in [0.1, 0.15) is 17.2 Å². The molecule has 0 spiro atoms. The number of hydrogen-bond acceptors (Lipinski definition) is 7. The lowest BCUT2D eigenvalue weighted by molar-refractivity contribution is 0.0521. The van der Waals surface area contributed by atoms with Crippen LogP contribution in [0.3, 0.4) is 0 Å². The van der Waals surface area contributed by atoms with E-state index in [0.717, 1.165) is 31.5 Å². The van der Waals surface area contributed by atoms with Gasteiger partial charge in [-0.15, -0.1) is 5.10 Å². The number of ether oxygens (including phenoxy) is 1. The van der Waals surface area contributed by atoms with Crippen LogP contribution in [0.1, 0.15) is 35.8 Å². The molecule has 0 unspecified atom stereocenters. The SMILES string of the molecule is CCOC(=O)c1[nH]c2ccc(F)cc2c1-c1cn(CC2CCN(CCNS(=O)(=O)c3ccc(C)cc3)CC2)nn1. The van der Waals surface area contributed by atoms with E-state index in [1.165, 1.54) is 12.1 Å². The maximum absolute atomic E-state index is 14.1. The molecule has 4 aromatic rings. The minimum Gasteiger partial charge on any atom is -0.461 e. The highest BCUT2D eigenvalue weighted by molar-refractivity contribution is 7.89. The van der Waals surface area contributed by atoms with Crippen molar-refractivity contribution in [3.8, 4) is 11.3 Å². The molecule has 0 atom stereocenters. The molecule has 10 nitrogen and oxygen atoms in total. The number of aryl methyl sites for hydroxylation is 1. The van der Waals surface area contributed by atoms with Crippen LogP contribution in [-0.4, -0.2) is 72.1 Å². The smallest absolute Gasteiger partial charge is 0.355 e. The number of carbonyl (C=O) groups excluding carboxylic acids is 1. The number of esters is 1. The Balaban J connectivity index is 1.18. The molecule has 0 aliphatic carbocycles. The van der Waals surface area contributed by atoms with Crippen LogP contribution in [0.25, 0.3) is 22.2 Å². The van der Waals surface area contributed by atoms with E-state index in [1.807, 2.05) is 6.92 Å². The van der Waals surface area contributed by atoms with E-state index in [9.17, 15) is 17.6 Å². The number of halogens is 1. The zero-order valence-corrected chi connectivity index (χ0v) is 23.4. The average Bonchev–Trinajstić information content (AvgIpc) is 3.54. The number of hydrogen-bond donors (Lipinski definition) is 2. The van der Waals surface area contributed by atoms with Crippen LogP contribution in [0.4, 0.5) is 4.39 Å². The molecule has 2 N–H and O–H groups in total. The first kappa shape index (κ1) is 27.9. The predicted molar refractivity (Wildman–Crippen MR) is 149 cm³/mol. The summed E-state index contributed by atoms with van der Waals surface area (Å²) in [6.45, 7) is 7.22. The molecule has 1 aliphatic rings. The van der Waals surface area contributed by atoms with Crippen LogP contribution in [0.5, 0.6) is 0 Å². The number of sulfonamides is 1. The first-order valence-electron chi connectivity index (χ1n) is 13.4. The van der Waals surface area contributed by atoms with Gasteiger partial charge in [-0.05, 0) is 76.0 Å².